The SMILES string of the molecule is CC1(C)CCCN1C1Cc2ccccc2C1O. The van der Waals surface area contributed by atoms with Gasteiger partial charge in [-0.15, -0.1) is 0 Å². The summed E-state index contributed by atoms with van der Waals surface area (Å²) >= 11 is 0. The summed E-state index contributed by atoms with van der Waals surface area (Å²) in [5.74, 6) is 0. The molecule has 0 radical (unpaired) electrons. The zero-order valence-corrected chi connectivity index (χ0v) is 10.7. The first-order valence-corrected chi connectivity index (χ1v) is 6.62. The van der Waals surface area contributed by atoms with Crippen molar-refractivity contribution < 1.29 is 5.11 Å². The molecule has 2 atom stereocenters. The molecule has 1 aromatic rings. The van der Waals surface area contributed by atoms with Crippen LogP contribution in [0.3, 0.4) is 0 Å². The van der Waals surface area contributed by atoms with Crippen molar-refractivity contribution in [1.29, 1.82) is 0 Å². The second-order valence-corrected chi connectivity index (χ2v) is 6.02. The Kier molecular flexibility index (Phi) is 2.53. The molecule has 1 saturated heterocycles. The van der Waals surface area contributed by atoms with Crippen LogP contribution in [0.25, 0.3) is 0 Å². The van der Waals surface area contributed by atoms with E-state index in [1.54, 1.807) is 0 Å². The Morgan fingerprint density at radius 2 is 2.06 bits per heavy atom. The first-order valence-electron chi connectivity index (χ1n) is 6.62. The second kappa shape index (κ2) is 3.82. The van der Waals surface area contributed by atoms with Crippen molar-refractivity contribution in [2.24, 2.45) is 0 Å². The van der Waals surface area contributed by atoms with Gasteiger partial charge in [0.15, 0.2) is 0 Å². The van der Waals surface area contributed by atoms with E-state index in [1.165, 1.54) is 18.4 Å². The lowest BCUT2D eigenvalue weighted by molar-refractivity contribution is 0.0254. The van der Waals surface area contributed by atoms with E-state index in [9.17, 15) is 5.11 Å². The van der Waals surface area contributed by atoms with Crippen molar-refractivity contribution in [2.45, 2.75) is 50.8 Å². The summed E-state index contributed by atoms with van der Waals surface area (Å²) in [6.07, 6.45) is 3.20. The highest BCUT2D eigenvalue weighted by Gasteiger charge is 2.43. The Labute approximate surface area is 103 Å². The van der Waals surface area contributed by atoms with E-state index in [-0.39, 0.29) is 17.7 Å². The lowest BCUT2D eigenvalue weighted by atomic mass is 9.99. The van der Waals surface area contributed by atoms with Gasteiger partial charge >= 0.3 is 0 Å². The van der Waals surface area contributed by atoms with Crippen molar-refractivity contribution in [3.8, 4) is 0 Å². The molecule has 0 aromatic heterocycles. The Hall–Kier alpha value is -0.860. The third-order valence-electron chi connectivity index (χ3n) is 4.53. The molecule has 2 aliphatic rings. The molecule has 92 valence electrons. The maximum atomic E-state index is 10.5. The van der Waals surface area contributed by atoms with Gasteiger partial charge in [-0.3, -0.25) is 4.90 Å². The van der Waals surface area contributed by atoms with Gasteiger partial charge in [0.25, 0.3) is 0 Å². The number of rotatable bonds is 1. The molecule has 2 nitrogen and oxygen atoms in total. The Morgan fingerprint density at radius 3 is 2.71 bits per heavy atom. The van der Waals surface area contributed by atoms with Crippen LogP contribution < -0.4 is 0 Å². The van der Waals surface area contributed by atoms with Crippen LogP contribution in [0.15, 0.2) is 24.3 Å². The summed E-state index contributed by atoms with van der Waals surface area (Å²) in [4.78, 5) is 2.51. The number of nitrogens with zero attached hydrogens (tertiary/aromatic N) is 1. The van der Waals surface area contributed by atoms with Crippen molar-refractivity contribution in [2.75, 3.05) is 6.54 Å². The number of likely N-dealkylation sites (tertiary alicyclic amines) is 1. The zero-order valence-electron chi connectivity index (χ0n) is 10.7. The molecule has 0 bridgehead atoms. The summed E-state index contributed by atoms with van der Waals surface area (Å²) in [6.45, 7) is 5.73. The molecular formula is C15H21NO. The van der Waals surface area contributed by atoms with Crippen LogP contribution >= 0.6 is 0 Å². The third kappa shape index (κ3) is 1.71. The Balaban J connectivity index is 1.89. The standard InChI is InChI=1S/C15H21NO/c1-15(2)8-5-9-16(15)13-10-11-6-3-4-7-12(11)14(13)17/h3-4,6-7,13-14,17H,5,8-10H2,1-2H3. The molecule has 0 spiro atoms. The molecule has 1 N–H and O–H groups in total. The minimum absolute atomic E-state index is 0.244. The number of hydrogen-bond donors (Lipinski definition) is 1. The van der Waals surface area contributed by atoms with Gasteiger partial charge < -0.3 is 5.11 Å². The van der Waals surface area contributed by atoms with E-state index < -0.39 is 0 Å². The minimum Gasteiger partial charge on any atom is -0.387 e. The number of benzene rings is 1. The van der Waals surface area contributed by atoms with Gasteiger partial charge in [-0.05, 0) is 50.8 Å². The van der Waals surface area contributed by atoms with E-state index in [1.807, 2.05) is 6.07 Å². The summed E-state index contributed by atoms with van der Waals surface area (Å²) in [7, 11) is 0. The number of aliphatic hydroxyl groups is 1. The fraction of sp³-hybridized carbons (Fsp3) is 0.600. The number of aliphatic hydroxyl groups excluding tert-OH is 1. The van der Waals surface area contributed by atoms with Crippen molar-refractivity contribution in [3.05, 3.63) is 35.4 Å². The highest BCUT2D eigenvalue weighted by atomic mass is 16.3. The quantitative estimate of drug-likeness (QED) is 0.803. The van der Waals surface area contributed by atoms with E-state index in [0.29, 0.717) is 0 Å². The highest BCUT2D eigenvalue weighted by molar-refractivity contribution is 5.36. The van der Waals surface area contributed by atoms with E-state index in [4.69, 9.17) is 0 Å². The molecule has 1 fully saturated rings. The monoisotopic (exact) mass is 231 g/mol. The van der Waals surface area contributed by atoms with Gasteiger partial charge in [0.1, 0.15) is 0 Å². The molecule has 0 amide bonds. The fourth-order valence-corrected chi connectivity index (χ4v) is 3.58. The van der Waals surface area contributed by atoms with Crippen LogP contribution in [-0.4, -0.2) is 28.1 Å². The predicted molar refractivity (Wildman–Crippen MR) is 68.9 cm³/mol. The maximum Gasteiger partial charge on any atom is 0.0951 e. The Morgan fingerprint density at radius 1 is 1.29 bits per heavy atom. The van der Waals surface area contributed by atoms with Gasteiger partial charge in [0.2, 0.25) is 0 Å². The van der Waals surface area contributed by atoms with Crippen molar-refractivity contribution in [3.63, 3.8) is 0 Å². The molecule has 0 saturated carbocycles. The van der Waals surface area contributed by atoms with Crippen LogP contribution in [-0.2, 0) is 6.42 Å². The fourth-order valence-electron chi connectivity index (χ4n) is 3.58. The van der Waals surface area contributed by atoms with Crippen LogP contribution in [0.1, 0.15) is 43.9 Å². The molecule has 17 heavy (non-hydrogen) atoms. The largest absolute Gasteiger partial charge is 0.387 e. The van der Waals surface area contributed by atoms with Crippen LogP contribution in [0.4, 0.5) is 0 Å². The molecule has 1 aliphatic carbocycles. The summed E-state index contributed by atoms with van der Waals surface area (Å²) < 4.78 is 0. The molecule has 1 aliphatic heterocycles. The van der Waals surface area contributed by atoms with Gasteiger partial charge in [-0.2, -0.15) is 0 Å². The summed E-state index contributed by atoms with van der Waals surface area (Å²) in [6, 6.07) is 8.61. The van der Waals surface area contributed by atoms with Crippen molar-refractivity contribution in [1.82, 2.24) is 4.90 Å². The number of fused-ring (bicyclic) bond motifs is 1. The lowest BCUT2D eigenvalue weighted by Crippen LogP contribution is -2.47. The molecule has 1 aromatic carbocycles. The van der Waals surface area contributed by atoms with Gasteiger partial charge in [-0.1, -0.05) is 24.3 Å². The predicted octanol–water partition coefficient (Wildman–Crippen LogP) is 2.52. The van der Waals surface area contributed by atoms with Gasteiger partial charge in [0.05, 0.1) is 6.10 Å². The van der Waals surface area contributed by atoms with Crippen LogP contribution in [0.2, 0.25) is 0 Å². The highest BCUT2D eigenvalue weighted by Crippen LogP contribution is 2.40. The van der Waals surface area contributed by atoms with E-state index >= 15 is 0 Å². The maximum absolute atomic E-state index is 10.5. The minimum atomic E-state index is -0.302. The first kappa shape index (κ1) is 11.2. The number of hydrogen-bond acceptors (Lipinski definition) is 2. The van der Waals surface area contributed by atoms with Crippen LogP contribution in [0.5, 0.6) is 0 Å². The van der Waals surface area contributed by atoms with Crippen molar-refractivity contribution >= 4 is 0 Å². The average molecular weight is 231 g/mol. The van der Waals surface area contributed by atoms with E-state index in [2.05, 4.69) is 36.9 Å². The van der Waals surface area contributed by atoms with Gasteiger partial charge in [0, 0.05) is 11.6 Å². The normalized spacial score (nSPS) is 31.7. The topological polar surface area (TPSA) is 23.5 Å². The average Bonchev–Trinajstić information content (AvgIpc) is 2.80. The molecule has 2 heteroatoms. The molecule has 1 heterocycles. The van der Waals surface area contributed by atoms with Crippen LogP contribution in [0, 0.1) is 0 Å². The molecule has 3 rings (SSSR count). The first-order chi connectivity index (χ1) is 8.09. The zero-order chi connectivity index (χ0) is 12.0. The lowest BCUT2D eigenvalue weighted by Gasteiger charge is -2.38. The second-order valence-electron chi connectivity index (χ2n) is 6.02. The summed E-state index contributed by atoms with van der Waals surface area (Å²) in [5.41, 5.74) is 2.71. The van der Waals surface area contributed by atoms with E-state index in [0.717, 1.165) is 18.5 Å². The molecule has 2 unspecified atom stereocenters. The smallest absolute Gasteiger partial charge is 0.0951 e. The Bertz CT molecular complexity index is 427. The van der Waals surface area contributed by atoms with Gasteiger partial charge in [-0.25, -0.2) is 0 Å². The third-order valence-corrected chi connectivity index (χ3v) is 4.53. The summed E-state index contributed by atoms with van der Waals surface area (Å²) in [5, 5.41) is 10.5. The molecular weight excluding hydrogens is 210 g/mol.